The van der Waals surface area contributed by atoms with Gasteiger partial charge in [-0.15, -0.1) is 0 Å². The Balaban J connectivity index is 2.33. The molecule has 1 aromatic heterocycles. The highest BCUT2D eigenvalue weighted by atomic mass is 32.2. The maximum atomic E-state index is 11.6. The van der Waals surface area contributed by atoms with Crippen molar-refractivity contribution in [3.63, 3.8) is 0 Å². The monoisotopic (exact) mass is 239 g/mol. The van der Waals surface area contributed by atoms with E-state index in [1.807, 2.05) is 6.26 Å². The summed E-state index contributed by atoms with van der Waals surface area (Å²) in [5.74, 6) is 0.884. The van der Waals surface area contributed by atoms with E-state index in [0.29, 0.717) is 29.8 Å². The molecule has 1 atom stereocenters. The van der Waals surface area contributed by atoms with Crippen LogP contribution in [0.4, 0.5) is 11.6 Å². The number of carbonyl (C=O) groups is 1. The number of nitrogen functional groups attached to an aromatic ring is 1. The first-order valence-electron chi connectivity index (χ1n) is 4.84. The fourth-order valence-corrected chi connectivity index (χ4v) is 2.00. The zero-order chi connectivity index (χ0) is 11.7. The first-order valence-corrected chi connectivity index (χ1v) is 6.07. The van der Waals surface area contributed by atoms with E-state index in [-0.39, 0.29) is 11.9 Å². The van der Waals surface area contributed by atoms with Gasteiger partial charge in [0, 0.05) is 25.1 Å². The molecule has 1 amide bonds. The Labute approximate surface area is 97.4 Å². The van der Waals surface area contributed by atoms with Gasteiger partial charge in [0.05, 0.1) is 0 Å². The highest BCUT2D eigenvalue weighted by molar-refractivity contribution is 7.98. The van der Waals surface area contributed by atoms with Crippen molar-refractivity contribution >= 4 is 29.3 Å². The van der Waals surface area contributed by atoms with E-state index in [4.69, 9.17) is 11.5 Å². The molecule has 1 aliphatic heterocycles. The molecule has 0 saturated carbocycles. The summed E-state index contributed by atoms with van der Waals surface area (Å²) in [7, 11) is 0. The minimum Gasteiger partial charge on any atom is -0.383 e. The molecule has 0 aliphatic carbocycles. The van der Waals surface area contributed by atoms with Crippen LogP contribution in [0.2, 0.25) is 0 Å². The molecule has 86 valence electrons. The first-order chi connectivity index (χ1) is 7.60. The summed E-state index contributed by atoms with van der Waals surface area (Å²) in [6.07, 6.45) is 2.22. The summed E-state index contributed by atoms with van der Waals surface area (Å²) in [5, 5.41) is 0.559. The van der Waals surface area contributed by atoms with Crippen molar-refractivity contribution in [1.29, 1.82) is 0 Å². The number of nitrogens with two attached hydrogens (primary N) is 2. The number of rotatable bonds is 2. The van der Waals surface area contributed by atoms with Gasteiger partial charge in [-0.3, -0.25) is 9.69 Å². The predicted octanol–water partition coefficient (Wildman–Crippen LogP) is -0.155. The van der Waals surface area contributed by atoms with E-state index in [1.165, 1.54) is 11.8 Å². The highest BCUT2D eigenvalue weighted by Gasteiger charge is 2.29. The Kier molecular flexibility index (Phi) is 2.97. The van der Waals surface area contributed by atoms with Gasteiger partial charge in [0.15, 0.2) is 5.16 Å². The van der Waals surface area contributed by atoms with Crippen LogP contribution in [0.3, 0.4) is 0 Å². The lowest BCUT2D eigenvalue weighted by atomic mass is 10.3. The van der Waals surface area contributed by atoms with Gasteiger partial charge in [-0.05, 0) is 6.26 Å². The molecule has 6 nitrogen and oxygen atoms in total. The fourth-order valence-electron chi connectivity index (χ4n) is 1.62. The number of carbonyl (C=O) groups excluding carboxylic acids is 1. The van der Waals surface area contributed by atoms with Crippen LogP contribution >= 0.6 is 11.8 Å². The van der Waals surface area contributed by atoms with Crippen LogP contribution in [0.1, 0.15) is 6.42 Å². The van der Waals surface area contributed by atoms with Crippen LogP contribution in [0.25, 0.3) is 0 Å². The van der Waals surface area contributed by atoms with Crippen molar-refractivity contribution in [2.75, 3.05) is 23.4 Å². The third-order valence-corrected chi connectivity index (χ3v) is 2.87. The Morgan fingerprint density at radius 3 is 2.88 bits per heavy atom. The summed E-state index contributed by atoms with van der Waals surface area (Å²) in [6, 6.07) is 1.47. The molecule has 2 heterocycles. The molecule has 4 N–H and O–H groups in total. The van der Waals surface area contributed by atoms with Gasteiger partial charge in [0.25, 0.3) is 0 Å². The predicted molar refractivity (Wildman–Crippen MR) is 63.2 cm³/mol. The molecule has 0 radical (unpaired) electrons. The topological polar surface area (TPSA) is 98.1 Å². The van der Waals surface area contributed by atoms with Crippen molar-refractivity contribution in [3.8, 4) is 0 Å². The van der Waals surface area contributed by atoms with Crippen LogP contribution in [-0.2, 0) is 4.79 Å². The minimum absolute atomic E-state index is 0.0161. The zero-order valence-corrected chi connectivity index (χ0v) is 9.70. The second-order valence-corrected chi connectivity index (χ2v) is 4.38. The molecular weight excluding hydrogens is 226 g/mol. The average molecular weight is 239 g/mol. The molecule has 1 unspecified atom stereocenters. The molecule has 1 saturated heterocycles. The number of amides is 1. The van der Waals surface area contributed by atoms with Crippen molar-refractivity contribution < 1.29 is 4.79 Å². The van der Waals surface area contributed by atoms with Crippen LogP contribution in [0.15, 0.2) is 11.2 Å². The Morgan fingerprint density at radius 1 is 1.56 bits per heavy atom. The molecule has 1 fully saturated rings. The second-order valence-electron chi connectivity index (χ2n) is 3.61. The van der Waals surface area contributed by atoms with Crippen LogP contribution in [-0.4, -0.2) is 34.7 Å². The Morgan fingerprint density at radius 2 is 2.31 bits per heavy atom. The van der Waals surface area contributed by atoms with Gasteiger partial charge in [0.1, 0.15) is 11.6 Å². The quantitative estimate of drug-likeness (QED) is 0.550. The molecule has 16 heavy (non-hydrogen) atoms. The third kappa shape index (κ3) is 2.10. The molecule has 0 aromatic carbocycles. The SMILES string of the molecule is CSc1nc(N)cc(N2CC(N)CC2=O)n1. The average Bonchev–Trinajstić information content (AvgIpc) is 2.57. The number of hydrogen-bond donors (Lipinski definition) is 2. The lowest BCUT2D eigenvalue weighted by Crippen LogP contribution is -2.29. The second kappa shape index (κ2) is 4.26. The Bertz CT molecular complexity index is 424. The minimum atomic E-state index is -0.124. The van der Waals surface area contributed by atoms with Gasteiger partial charge in [-0.2, -0.15) is 0 Å². The highest BCUT2D eigenvalue weighted by Crippen LogP contribution is 2.22. The molecule has 0 spiro atoms. The number of hydrogen-bond acceptors (Lipinski definition) is 6. The number of thioether (sulfide) groups is 1. The van der Waals surface area contributed by atoms with E-state index in [2.05, 4.69) is 9.97 Å². The van der Waals surface area contributed by atoms with Crippen LogP contribution in [0, 0.1) is 0 Å². The van der Waals surface area contributed by atoms with Gasteiger partial charge in [-0.1, -0.05) is 11.8 Å². The van der Waals surface area contributed by atoms with Crippen molar-refractivity contribution in [2.24, 2.45) is 5.73 Å². The van der Waals surface area contributed by atoms with Gasteiger partial charge in [0.2, 0.25) is 5.91 Å². The standard InChI is InChI=1S/C9H13N5OS/c1-16-9-12-6(11)3-7(13-9)14-4-5(10)2-8(14)15/h3,5H,2,4,10H2,1H3,(H2,11,12,13). The summed E-state index contributed by atoms with van der Waals surface area (Å²) in [4.78, 5) is 21.5. The third-order valence-electron chi connectivity index (χ3n) is 2.33. The molecule has 2 rings (SSSR count). The maximum Gasteiger partial charge on any atom is 0.229 e. The fraction of sp³-hybridized carbons (Fsp3) is 0.444. The van der Waals surface area contributed by atoms with E-state index in [0.717, 1.165) is 0 Å². The number of aromatic nitrogens is 2. The summed E-state index contributed by atoms with van der Waals surface area (Å²) < 4.78 is 0. The van der Waals surface area contributed by atoms with E-state index in [1.54, 1.807) is 11.0 Å². The smallest absolute Gasteiger partial charge is 0.229 e. The lowest BCUT2D eigenvalue weighted by molar-refractivity contribution is -0.117. The Hall–Kier alpha value is -1.34. The normalized spacial score (nSPS) is 20.5. The summed E-state index contributed by atoms with van der Waals surface area (Å²) in [5.41, 5.74) is 11.4. The van der Waals surface area contributed by atoms with Gasteiger partial charge in [-0.25, -0.2) is 9.97 Å². The van der Waals surface area contributed by atoms with E-state index >= 15 is 0 Å². The summed E-state index contributed by atoms with van der Waals surface area (Å²) in [6.45, 7) is 0.489. The molecular formula is C9H13N5OS. The molecule has 1 aliphatic rings. The lowest BCUT2D eigenvalue weighted by Gasteiger charge is -2.15. The maximum absolute atomic E-state index is 11.6. The van der Waals surface area contributed by atoms with Crippen molar-refractivity contribution in [3.05, 3.63) is 6.07 Å². The van der Waals surface area contributed by atoms with E-state index in [9.17, 15) is 4.79 Å². The van der Waals surface area contributed by atoms with E-state index < -0.39 is 0 Å². The summed E-state index contributed by atoms with van der Waals surface area (Å²) >= 11 is 1.39. The van der Waals surface area contributed by atoms with Crippen LogP contribution in [0.5, 0.6) is 0 Å². The molecule has 0 bridgehead atoms. The van der Waals surface area contributed by atoms with Crippen molar-refractivity contribution in [2.45, 2.75) is 17.6 Å². The zero-order valence-electron chi connectivity index (χ0n) is 8.88. The van der Waals surface area contributed by atoms with Crippen LogP contribution < -0.4 is 16.4 Å². The molecule has 1 aromatic rings. The number of nitrogens with zero attached hydrogens (tertiary/aromatic N) is 3. The number of anilines is 2. The largest absolute Gasteiger partial charge is 0.383 e. The molecule has 7 heteroatoms. The van der Waals surface area contributed by atoms with Crippen molar-refractivity contribution in [1.82, 2.24) is 9.97 Å². The van der Waals surface area contributed by atoms with Gasteiger partial charge < -0.3 is 11.5 Å². The first kappa shape index (κ1) is 11.2. The van der Waals surface area contributed by atoms with Gasteiger partial charge >= 0.3 is 0 Å².